The van der Waals surface area contributed by atoms with Crippen molar-refractivity contribution in [3.8, 4) is 0 Å². The van der Waals surface area contributed by atoms with E-state index in [1.54, 1.807) is 6.07 Å². The third kappa shape index (κ3) is 3.63. The van der Waals surface area contributed by atoms with Crippen LogP contribution in [0, 0.1) is 5.92 Å². The van der Waals surface area contributed by atoms with Gasteiger partial charge in [0, 0.05) is 47.8 Å². The average molecular weight is 375 g/mol. The largest absolute Gasteiger partial charge is 0.368 e. The van der Waals surface area contributed by atoms with Gasteiger partial charge in [-0.2, -0.15) is 0 Å². The van der Waals surface area contributed by atoms with Crippen LogP contribution in [0.1, 0.15) is 17.9 Å². The number of hydrogen-bond donors (Lipinski definition) is 0. The molecule has 0 radical (unpaired) electrons. The monoisotopic (exact) mass is 374 g/mol. The normalized spacial score (nSPS) is 22.8. The average Bonchev–Trinajstić information content (AvgIpc) is 3.42. The maximum absolute atomic E-state index is 12.8. The second-order valence-corrected chi connectivity index (χ2v) is 7.67. The first-order valence-corrected chi connectivity index (χ1v) is 9.42. The number of carbonyl (C=O) groups excluding carboxylic acids is 1. The van der Waals surface area contributed by atoms with E-state index in [0.29, 0.717) is 21.9 Å². The number of benzene rings is 2. The maximum atomic E-state index is 12.8. The SMILES string of the molecule is O=C([C@H]1C[C@@H]1c1ccccc1)N1CCN(c2cc(Cl)cc(Cl)c2)CC1. The summed E-state index contributed by atoms with van der Waals surface area (Å²) in [5, 5.41) is 1.29. The highest BCUT2D eigenvalue weighted by atomic mass is 35.5. The van der Waals surface area contributed by atoms with Gasteiger partial charge in [-0.05, 0) is 36.1 Å². The van der Waals surface area contributed by atoms with Crippen molar-refractivity contribution in [3.05, 3.63) is 64.1 Å². The van der Waals surface area contributed by atoms with Crippen molar-refractivity contribution < 1.29 is 4.79 Å². The summed E-state index contributed by atoms with van der Waals surface area (Å²) in [4.78, 5) is 17.0. The van der Waals surface area contributed by atoms with Gasteiger partial charge in [-0.1, -0.05) is 53.5 Å². The molecular formula is C20H20Cl2N2O. The van der Waals surface area contributed by atoms with E-state index in [2.05, 4.69) is 17.0 Å². The van der Waals surface area contributed by atoms with Gasteiger partial charge < -0.3 is 9.80 Å². The van der Waals surface area contributed by atoms with Crippen molar-refractivity contribution in [2.75, 3.05) is 31.1 Å². The lowest BCUT2D eigenvalue weighted by atomic mass is 10.1. The lowest BCUT2D eigenvalue weighted by molar-refractivity contribution is -0.132. The van der Waals surface area contributed by atoms with Crippen LogP contribution < -0.4 is 4.90 Å². The molecule has 2 atom stereocenters. The number of amides is 1. The fourth-order valence-corrected chi connectivity index (χ4v) is 4.19. The van der Waals surface area contributed by atoms with Crippen LogP contribution in [0.5, 0.6) is 0 Å². The Kier molecular flexibility index (Phi) is 4.61. The molecule has 2 aromatic carbocycles. The van der Waals surface area contributed by atoms with Crippen LogP contribution in [0.15, 0.2) is 48.5 Å². The zero-order valence-corrected chi connectivity index (χ0v) is 15.4. The lowest BCUT2D eigenvalue weighted by Crippen LogP contribution is -2.49. The molecule has 4 rings (SSSR count). The molecule has 0 spiro atoms. The molecule has 2 fully saturated rings. The molecule has 1 heterocycles. The van der Waals surface area contributed by atoms with Gasteiger partial charge in [0.05, 0.1) is 0 Å². The first-order valence-electron chi connectivity index (χ1n) is 8.66. The Morgan fingerprint density at radius 3 is 2.20 bits per heavy atom. The first kappa shape index (κ1) is 16.7. The Morgan fingerprint density at radius 2 is 1.56 bits per heavy atom. The number of anilines is 1. The molecule has 1 aliphatic carbocycles. The number of nitrogens with zero attached hydrogens (tertiary/aromatic N) is 2. The quantitative estimate of drug-likeness (QED) is 0.792. The van der Waals surface area contributed by atoms with Crippen molar-refractivity contribution in [3.63, 3.8) is 0 Å². The highest BCUT2D eigenvalue weighted by Crippen LogP contribution is 2.48. The molecule has 1 amide bonds. The van der Waals surface area contributed by atoms with Gasteiger partial charge in [0.2, 0.25) is 5.91 Å². The fourth-order valence-electron chi connectivity index (χ4n) is 3.68. The number of halogens is 2. The predicted octanol–water partition coefficient (Wildman–Crippen LogP) is 4.45. The Hall–Kier alpha value is -1.71. The number of rotatable bonds is 3. The Balaban J connectivity index is 1.35. The Morgan fingerprint density at radius 1 is 0.920 bits per heavy atom. The van der Waals surface area contributed by atoms with Crippen molar-refractivity contribution in [1.82, 2.24) is 4.90 Å². The molecule has 25 heavy (non-hydrogen) atoms. The van der Waals surface area contributed by atoms with Gasteiger partial charge in [-0.15, -0.1) is 0 Å². The van der Waals surface area contributed by atoms with Crippen LogP contribution in [0.2, 0.25) is 10.0 Å². The van der Waals surface area contributed by atoms with E-state index >= 15 is 0 Å². The van der Waals surface area contributed by atoms with Gasteiger partial charge in [0.1, 0.15) is 0 Å². The van der Waals surface area contributed by atoms with E-state index in [-0.39, 0.29) is 5.92 Å². The van der Waals surface area contributed by atoms with E-state index in [4.69, 9.17) is 23.2 Å². The minimum atomic E-state index is 0.162. The fraction of sp³-hybridized carbons (Fsp3) is 0.350. The molecule has 3 nitrogen and oxygen atoms in total. The summed E-state index contributed by atoms with van der Waals surface area (Å²) < 4.78 is 0. The second kappa shape index (κ2) is 6.89. The standard InChI is InChI=1S/C20H20Cl2N2O/c21-15-10-16(22)12-17(11-15)23-6-8-24(9-7-23)20(25)19-13-18(19)14-4-2-1-3-5-14/h1-5,10-12,18-19H,6-9,13H2/t18-,19+/m1/s1. The van der Waals surface area contributed by atoms with Crippen LogP contribution in [-0.4, -0.2) is 37.0 Å². The maximum Gasteiger partial charge on any atom is 0.226 e. The molecule has 1 saturated heterocycles. The molecule has 130 valence electrons. The van der Waals surface area contributed by atoms with Gasteiger partial charge in [-0.3, -0.25) is 4.79 Å². The molecule has 1 saturated carbocycles. The zero-order valence-electron chi connectivity index (χ0n) is 13.9. The van der Waals surface area contributed by atoms with Crippen molar-refractivity contribution in [1.29, 1.82) is 0 Å². The highest BCUT2D eigenvalue weighted by molar-refractivity contribution is 6.35. The van der Waals surface area contributed by atoms with Gasteiger partial charge >= 0.3 is 0 Å². The summed E-state index contributed by atoms with van der Waals surface area (Å²) in [5.74, 6) is 0.866. The minimum absolute atomic E-state index is 0.162. The number of piperazine rings is 1. The van der Waals surface area contributed by atoms with Crippen molar-refractivity contribution in [2.24, 2.45) is 5.92 Å². The molecule has 5 heteroatoms. The van der Waals surface area contributed by atoms with Crippen LogP contribution in [-0.2, 0) is 4.79 Å². The van der Waals surface area contributed by atoms with Gasteiger partial charge in [0.15, 0.2) is 0 Å². The highest BCUT2D eigenvalue weighted by Gasteiger charge is 2.45. The van der Waals surface area contributed by atoms with E-state index < -0.39 is 0 Å². The second-order valence-electron chi connectivity index (χ2n) is 6.80. The van der Waals surface area contributed by atoms with Crippen LogP contribution in [0.3, 0.4) is 0 Å². The predicted molar refractivity (Wildman–Crippen MR) is 103 cm³/mol. The summed E-state index contributed by atoms with van der Waals surface area (Å²) in [5.41, 5.74) is 2.31. The Bertz CT molecular complexity index is 752. The smallest absolute Gasteiger partial charge is 0.226 e. The summed E-state index contributed by atoms with van der Waals surface area (Å²) in [6.45, 7) is 3.12. The summed E-state index contributed by atoms with van der Waals surface area (Å²) in [6, 6.07) is 16.0. The van der Waals surface area contributed by atoms with Crippen molar-refractivity contribution >= 4 is 34.8 Å². The third-order valence-electron chi connectivity index (χ3n) is 5.14. The van der Waals surface area contributed by atoms with Gasteiger partial charge in [-0.25, -0.2) is 0 Å². The minimum Gasteiger partial charge on any atom is -0.368 e. The van der Waals surface area contributed by atoms with Crippen LogP contribution in [0.4, 0.5) is 5.69 Å². The van der Waals surface area contributed by atoms with Crippen molar-refractivity contribution in [2.45, 2.75) is 12.3 Å². The molecule has 0 N–H and O–H groups in total. The van der Waals surface area contributed by atoms with E-state index in [1.807, 2.05) is 35.2 Å². The molecular weight excluding hydrogens is 355 g/mol. The molecule has 0 unspecified atom stereocenters. The molecule has 2 aromatic rings. The first-order chi connectivity index (χ1) is 12.1. The summed E-state index contributed by atoms with van der Waals surface area (Å²) >= 11 is 12.2. The van der Waals surface area contributed by atoms with Crippen LogP contribution >= 0.6 is 23.2 Å². The summed E-state index contributed by atoms with van der Waals surface area (Å²) in [6.07, 6.45) is 0.979. The van der Waals surface area contributed by atoms with E-state index in [9.17, 15) is 4.79 Å². The third-order valence-corrected chi connectivity index (χ3v) is 5.58. The van der Waals surface area contributed by atoms with E-state index in [0.717, 1.165) is 38.3 Å². The summed E-state index contributed by atoms with van der Waals surface area (Å²) in [7, 11) is 0. The number of carbonyl (C=O) groups is 1. The van der Waals surface area contributed by atoms with Gasteiger partial charge in [0.25, 0.3) is 0 Å². The van der Waals surface area contributed by atoms with Crippen LogP contribution in [0.25, 0.3) is 0 Å². The lowest BCUT2D eigenvalue weighted by Gasteiger charge is -2.36. The molecule has 1 aliphatic heterocycles. The number of hydrogen-bond acceptors (Lipinski definition) is 2. The molecule has 0 bridgehead atoms. The molecule has 2 aliphatic rings. The zero-order chi connectivity index (χ0) is 17.4. The molecule has 0 aromatic heterocycles. The van der Waals surface area contributed by atoms with E-state index in [1.165, 1.54) is 5.56 Å². The topological polar surface area (TPSA) is 23.6 Å². The Labute approximate surface area is 158 Å².